The zero-order valence-electron chi connectivity index (χ0n) is 41.8. The summed E-state index contributed by atoms with van der Waals surface area (Å²) in [5.41, 5.74) is 40.4. The van der Waals surface area contributed by atoms with Gasteiger partial charge in [0.2, 0.25) is 35.4 Å². The van der Waals surface area contributed by atoms with E-state index in [2.05, 4.69) is 51.9 Å². The summed E-state index contributed by atoms with van der Waals surface area (Å²) in [5.74, 6) is -7.09. The van der Waals surface area contributed by atoms with Gasteiger partial charge in [0.05, 0.1) is 6.04 Å². The first-order chi connectivity index (χ1) is 33.4. The predicted octanol–water partition coefficient (Wildman–Crippen LogP) is -2.06. The highest BCUT2D eigenvalue weighted by Crippen LogP contribution is 2.20. The Kier molecular flexibility index (Phi) is 25.7. The second-order valence-electron chi connectivity index (χ2n) is 18.3. The van der Waals surface area contributed by atoms with E-state index in [0.717, 1.165) is 10.9 Å². The van der Waals surface area contributed by atoms with Crippen molar-refractivity contribution in [1.82, 2.24) is 36.9 Å². The molecular formula is C46H79N17O8. The first-order valence-corrected chi connectivity index (χ1v) is 24.0. The standard InChI is InChI=1S/C46H79N17O8/c1-7-26(6)36(63-40(67)34(22-27-23-57-30-14-9-8-13-28(27)30)61-41(68)35(25(4)5)62-37(64)29(47)21-24(2)3)42(69)59-32(16-11-19-55-45(50)51)38(65)58-31(15-10-18-54-44(48)49)39(66)60-33(43(70)71)17-12-20-56-46(52)53/h8-9,13-14,23-26,29,31-36,57H,7,10-12,15-22,47H2,1-6H3,(H,58,65)(H,59,69)(H,60,66)(H,61,68)(H,62,64)(H,63,67)(H,70,71)(H4,48,49,54)(H4,50,51,55)(H4,52,53,56)/t26-,29-,31-,32-,33-,34-,35-,36-/m0/s1. The number of aliphatic carboxylic acids is 1. The molecule has 0 aliphatic heterocycles. The average molecular weight is 998 g/mol. The number of fused-ring (bicyclic) bond motifs is 1. The van der Waals surface area contributed by atoms with Crippen LogP contribution in [0, 0.1) is 17.8 Å². The summed E-state index contributed by atoms with van der Waals surface area (Å²) < 4.78 is 0. The largest absolute Gasteiger partial charge is 0.480 e. The molecule has 8 atom stereocenters. The van der Waals surface area contributed by atoms with Gasteiger partial charge >= 0.3 is 5.97 Å². The van der Waals surface area contributed by atoms with Crippen LogP contribution in [-0.4, -0.2) is 131 Å². The number of nitrogens with two attached hydrogens (primary N) is 7. The van der Waals surface area contributed by atoms with Crippen LogP contribution in [0.5, 0.6) is 0 Å². The number of nitrogens with one attached hydrogen (secondary N) is 7. The van der Waals surface area contributed by atoms with Crippen molar-refractivity contribution in [2.24, 2.45) is 72.9 Å². The zero-order chi connectivity index (χ0) is 53.4. The van der Waals surface area contributed by atoms with E-state index in [1.54, 1.807) is 33.9 Å². The molecular weight excluding hydrogens is 919 g/mol. The quantitative estimate of drug-likeness (QED) is 0.0213. The second-order valence-corrected chi connectivity index (χ2v) is 18.3. The fourth-order valence-corrected chi connectivity index (χ4v) is 7.47. The number of rotatable bonds is 32. The summed E-state index contributed by atoms with van der Waals surface area (Å²) in [6.45, 7) is 11.1. The third kappa shape index (κ3) is 21.6. The molecule has 71 heavy (non-hydrogen) atoms. The lowest BCUT2D eigenvalue weighted by molar-refractivity contribution is -0.142. The van der Waals surface area contributed by atoms with Gasteiger partial charge in [-0.1, -0.05) is 66.2 Å². The SMILES string of the molecule is CC[C@H](C)[C@H](NC(=O)[C@H](Cc1c[nH]c2ccccc12)NC(=O)[C@@H](NC(=O)[C@@H](N)CC(C)C)C(C)C)C(=O)N[C@@H](CCCN=C(N)N)C(=O)N[C@@H](CCCN=C(N)N)C(=O)N[C@@H](CCCN=C(N)N)C(=O)O. The number of carbonyl (C=O) groups is 7. The van der Waals surface area contributed by atoms with E-state index in [4.69, 9.17) is 40.1 Å². The summed E-state index contributed by atoms with van der Waals surface area (Å²) in [7, 11) is 0. The molecule has 1 heterocycles. The summed E-state index contributed by atoms with van der Waals surface area (Å²) in [5, 5.41) is 27.0. The number of carboxylic acids is 1. The van der Waals surface area contributed by atoms with Crippen LogP contribution in [0.25, 0.3) is 10.9 Å². The monoisotopic (exact) mass is 998 g/mol. The van der Waals surface area contributed by atoms with Crippen LogP contribution in [0.2, 0.25) is 0 Å². The van der Waals surface area contributed by atoms with Gasteiger partial charge in [-0.05, 0) is 74.3 Å². The first-order valence-electron chi connectivity index (χ1n) is 24.0. The van der Waals surface area contributed by atoms with Crippen LogP contribution in [-0.2, 0) is 40.0 Å². The number of benzene rings is 1. The number of aromatic nitrogens is 1. The number of para-hydroxylation sites is 1. The van der Waals surface area contributed by atoms with E-state index in [-0.39, 0.29) is 88.4 Å². The number of aromatic amines is 1. The summed E-state index contributed by atoms with van der Waals surface area (Å²) >= 11 is 0. The maximum absolute atomic E-state index is 14.6. The van der Waals surface area contributed by atoms with Crippen molar-refractivity contribution in [3.8, 4) is 0 Å². The van der Waals surface area contributed by atoms with E-state index >= 15 is 0 Å². The molecule has 0 saturated carbocycles. The number of nitrogens with zero attached hydrogens (tertiary/aromatic N) is 3. The highest BCUT2D eigenvalue weighted by atomic mass is 16.4. The molecule has 2 rings (SSSR count). The second kappa shape index (κ2) is 30.4. The van der Waals surface area contributed by atoms with Crippen LogP contribution in [0.4, 0.5) is 0 Å². The molecule has 0 saturated heterocycles. The predicted molar refractivity (Wildman–Crippen MR) is 273 cm³/mol. The minimum atomic E-state index is -1.38. The number of hydrogen-bond donors (Lipinski definition) is 15. The van der Waals surface area contributed by atoms with Crippen LogP contribution >= 0.6 is 0 Å². The number of H-pyrrole nitrogens is 1. The lowest BCUT2D eigenvalue weighted by atomic mass is 9.96. The zero-order valence-corrected chi connectivity index (χ0v) is 41.8. The lowest BCUT2D eigenvalue weighted by Crippen LogP contribution is -2.61. The number of carbonyl (C=O) groups excluding carboxylic acids is 6. The van der Waals surface area contributed by atoms with Gasteiger partial charge in [0, 0.05) is 43.2 Å². The van der Waals surface area contributed by atoms with Crippen molar-refractivity contribution in [2.75, 3.05) is 19.6 Å². The Balaban J connectivity index is 2.53. The van der Waals surface area contributed by atoms with Crippen molar-refractivity contribution in [3.63, 3.8) is 0 Å². The van der Waals surface area contributed by atoms with Gasteiger partial charge in [-0.15, -0.1) is 0 Å². The van der Waals surface area contributed by atoms with Crippen molar-refractivity contribution in [2.45, 2.75) is 142 Å². The number of guanidine groups is 3. The minimum Gasteiger partial charge on any atom is -0.480 e. The molecule has 1 aromatic heterocycles. The molecule has 0 aliphatic rings. The average Bonchev–Trinajstić information content (AvgIpc) is 3.70. The summed E-state index contributed by atoms with van der Waals surface area (Å²) in [4.78, 5) is 111. The Morgan fingerprint density at radius 3 is 1.51 bits per heavy atom. The van der Waals surface area contributed by atoms with Crippen molar-refractivity contribution < 1.29 is 38.7 Å². The van der Waals surface area contributed by atoms with Gasteiger partial charge in [-0.2, -0.15) is 0 Å². The molecule has 0 unspecified atom stereocenters. The summed E-state index contributed by atoms with van der Waals surface area (Å²) in [6.07, 6.45) is 2.86. The molecule has 0 spiro atoms. The molecule has 2 aromatic rings. The molecule has 22 N–H and O–H groups in total. The summed E-state index contributed by atoms with van der Waals surface area (Å²) in [6, 6.07) is -1.16. The molecule has 6 amide bonds. The van der Waals surface area contributed by atoms with Gasteiger partial charge in [-0.3, -0.25) is 43.7 Å². The Morgan fingerprint density at radius 2 is 1.03 bits per heavy atom. The Labute approximate surface area is 414 Å². The minimum absolute atomic E-state index is 0.0243. The van der Waals surface area contributed by atoms with E-state index in [1.807, 2.05) is 38.1 Å². The van der Waals surface area contributed by atoms with Gasteiger partial charge in [-0.25, -0.2) is 4.79 Å². The highest BCUT2D eigenvalue weighted by molar-refractivity contribution is 5.97. The third-order valence-corrected chi connectivity index (χ3v) is 11.6. The molecule has 1 aromatic carbocycles. The fourth-order valence-electron chi connectivity index (χ4n) is 7.47. The fraction of sp³-hybridized carbons (Fsp3) is 0.609. The van der Waals surface area contributed by atoms with Gasteiger partial charge in [0.15, 0.2) is 17.9 Å². The molecule has 0 aliphatic carbocycles. The Bertz CT molecular complexity index is 2170. The van der Waals surface area contributed by atoms with Gasteiger partial charge in [0.1, 0.15) is 36.3 Å². The number of amides is 6. The maximum atomic E-state index is 14.6. The topological polar surface area (TPSA) is 447 Å². The number of hydrogen-bond acceptors (Lipinski definition) is 11. The van der Waals surface area contributed by atoms with E-state index < -0.39 is 95.5 Å². The Hall–Kier alpha value is -7.18. The van der Waals surface area contributed by atoms with Gasteiger partial charge in [0.25, 0.3) is 0 Å². The molecule has 25 heteroatoms. The number of carboxylic acid groups (broad SMARTS) is 1. The Morgan fingerprint density at radius 1 is 0.592 bits per heavy atom. The number of aliphatic imine (C=N–C) groups is 3. The van der Waals surface area contributed by atoms with Gasteiger partial charge < -0.3 is 82.1 Å². The van der Waals surface area contributed by atoms with E-state index in [9.17, 15) is 38.7 Å². The first kappa shape index (κ1) is 59.9. The van der Waals surface area contributed by atoms with Crippen LogP contribution in [0.1, 0.15) is 98.5 Å². The molecule has 396 valence electrons. The molecule has 0 fully saturated rings. The normalized spacial score (nSPS) is 14.5. The maximum Gasteiger partial charge on any atom is 0.326 e. The van der Waals surface area contributed by atoms with Crippen LogP contribution < -0.4 is 72.0 Å². The van der Waals surface area contributed by atoms with Crippen LogP contribution in [0.3, 0.4) is 0 Å². The molecule has 0 radical (unpaired) electrons. The smallest absolute Gasteiger partial charge is 0.326 e. The molecule has 0 bridgehead atoms. The highest BCUT2D eigenvalue weighted by Gasteiger charge is 2.36. The van der Waals surface area contributed by atoms with E-state index in [1.165, 1.54) is 0 Å². The van der Waals surface area contributed by atoms with Crippen molar-refractivity contribution in [1.29, 1.82) is 0 Å². The third-order valence-electron chi connectivity index (χ3n) is 11.6. The van der Waals surface area contributed by atoms with Crippen molar-refractivity contribution in [3.05, 3.63) is 36.0 Å². The lowest BCUT2D eigenvalue weighted by Gasteiger charge is -2.30. The van der Waals surface area contributed by atoms with E-state index in [0.29, 0.717) is 18.4 Å². The molecule has 25 nitrogen and oxygen atoms in total. The van der Waals surface area contributed by atoms with Crippen LogP contribution in [0.15, 0.2) is 45.4 Å². The van der Waals surface area contributed by atoms with Crippen molar-refractivity contribution >= 4 is 70.2 Å².